The van der Waals surface area contributed by atoms with Crippen molar-refractivity contribution in [1.29, 1.82) is 0 Å². The Morgan fingerprint density at radius 3 is 0.909 bits per heavy atom. The third-order valence-electron chi connectivity index (χ3n) is 4.16. The van der Waals surface area contributed by atoms with Gasteiger partial charge in [-0.05, 0) is 27.7 Å². The van der Waals surface area contributed by atoms with E-state index in [-0.39, 0.29) is 52.9 Å². The number of nitrogens with zero attached hydrogens (tertiary/aromatic N) is 4. The second kappa shape index (κ2) is 18.9. The van der Waals surface area contributed by atoms with Gasteiger partial charge < -0.3 is 18.9 Å². The van der Waals surface area contributed by atoms with E-state index in [1.165, 1.54) is 24.3 Å². The Bertz CT molecular complexity index is 613. The number of isocyanates is 4. The Hall–Kier alpha value is -2.64. The first kappa shape index (κ1) is 30.4. The Morgan fingerprint density at radius 1 is 0.515 bits per heavy atom. The summed E-state index contributed by atoms with van der Waals surface area (Å²) in [7, 11) is 0. The van der Waals surface area contributed by atoms with Gasteiger partial charge in [-0.3, -0.25) is 0 Å². The summed E-state index contributed by atoms with van der Waals surface area (Å²) in [5, 5.41) is 0. The van der Waals surface area contributed by atoms with E-state index in [0.717, 1.165) is 0 Å². The van der Waals surface area contributed by atoms with Crippen LogP contribution in [0.2, 0.25) is 0 Å². The van der Waals surface area contributed by atoms with E-state index < -0.39 is 29.6 Å². The monoisotopic (exact) mass is 468 g/mol. The average Bonchev–Trinajstić information content (AvgIpc) is 2.74. The van der Waals surface area contributed by atoms with Crippen molar-refractivity contribution in [3.63, 3.8) is 0 Å². The van der Waals surface area contributed by atoms with Gasteiger partial charge >= 0.3 is 0 Å². The van der Waals surface area contributed by atoms with Crippen LogP contribution >= 0.6 is 0 Å². The molecule has 0 rings (SSSR count). The number of rotatable bonds is 20. The first-order chi connectivity index (χ1) is 15.8. The molecule has 0 N–H and O–H groups in total. The van der Waals surface area contributed by atoms with Crippen molar-refractivity contribution < 1.29 is 38.1 Å². The Balaban J connectivity index is 5.40. The van der Waals surface area contributed by atoms with Crippen LogP contribution in [0.15, 0.2) is 20.0 Å². The maximum atomic E-state index is 10.4. The molecule has 0 amide bonds. The molecule has 184 valence electrons. The molecular formula is C21H32N4O8. The smallest absolute Gasteiger partial charge is 0.235 e. The second-order valence-electron chi connectivity index (χ2n) is 7.84. The second-order valence-corrected chi connectivity index (χ2v) is 7.84. The van der Waals surface area contributed by atoms with E-state index in [4.69, 9.17) is 18.9 Å². The van der Waals surface area contributed by atoms with E-state index in [9.17, 15) is 19.2 Å². The van der Waals surface area contributed by atoms with Crippen molar-refractivity contribution in [2.45, 2.75) is 51.9 Å². The lowest BCUT2D eigenvalue weighted by atomic mass is 9.92. The quantitative estimate of drug-likeness (QED) is 0.189. The van der Waals surface area contributed by atoms with Crippen LogP contribution in [0.4, 0.5) is 0 Å². The van der Waals surface area contributed by atoms with Gasteiger partial charge in [0.25, 0.3) is 0 Å². The van der Waals surface area contributed by atoms with Crippen LogP contribution in [-0.2, 0) is 38.1 Å². The number of hydrogen-bond acceptors (Lipinski definition) is 12. The molecule has 0 aromatic rings. The summed E-state index contributed by atoms with van der Waals surface area (Å²) in [4.78, 5) is 56.1. The highest BCUT2D eigenvalue weighted by atomic mass is 16.5. The van der Waals surface area contributed by atoms with Gasteiger partial charge in [-0.1, -0.05) is 0 Å². The third kappa shape index (κ3) is 15.7. The largest absolute Gasteiger partial charge is 0.378 e. The minimum Gasteiger partial charge on any atom is -0.378 e. The van der Waals surface area contributed by atoms with Gasteiger partial charge in [-0.25, -0.2) is 39.1 Å². The van der Waals surface area contributed by atoms with Crippen molar-refractivity contribution in [2.24, 2.45) is 25.4 Å². The summed E-state index contributed by atoms with van der Waals surface area (Å²) in [6, 6.07) is -1.58. The zero-order valence-electron chi connectivity index (χ0n) is 19.5. The first-order valence-electron chi connectivity index (χ1n) is 10.4. The van der Waals surface area contributed by atoms with Crippen LogP contribution in [0.1, 0.15) is 27.7 Å². The fourth-order valence-electron chi connectivity index (χ4n) is 2.54. The molecule has 0 bridgehead atoms. The molecule has 12 nitrogen and oxygen atoms in total. The van der Waals surface area contributed by atoms with Crippen molar-refractivity contribution in [1.82, 2.24) is 0 Å². The Kier molecular flexibility index (Phi) is 17.4. The van der Waals surface area contributed by atoms with Gasteiger partial charge in [0.15, 0.2) is 0 Å². The van der Waals surface area contributed by atoms with Crippen LogP contribution in [0, 0.1) is 5.41 Å². The maximum Gasteiger partial charge on any atom is 0.235 e. The van der Waals surface area contributed by atoms with Crippen LogP contribution < -0.4 is 0 Å². The summed E-state index contributed by atoms with van der Waals surface area (Å²) in [6.45, 7) is 7.90. The first-order valence-corrected chi connectivity index (χ1v) is 10.4. The molecule has 0 aliphatic heterocycles. The molecule has 0 saturated heterocycles. The molecular weight excluding hydrogens is 436 g/mol. The van der Waals surface area contributed by atoms with E-state index in [2.05, 4.69) is 20.0 Å². The van der Waals surface area contributed by atoms with Crippen molar-refractivity contribution in [3.05, 3.63) is 0 Å². The summed E-state index contributed by atoms with van der Waals surface area (Å²) < 4.78 is 23.0. The van der Waals surface area contributed by atoms with Gasteiger partial charge in [0, 0.05) is 0 Å². The molecule has 12 heteroatoms. The number of ether oxygens (including phenoxy) is 4. The average molecular weight is 469 g/mol. The van der Waals surface area contributed by atoms with Crippen molar-refractivity contribution in [3.8, 4) is 0 Å². The van der Waals surface area contributed by atoms with Crippen LogP contribution in [0.25, 0.3) is 0 Å². The number of carbonyl (C=O) groups excluding carboxylic acids is 4. The molecule has 4 unspecified atom stereocenters. The lowest BCUT2D eigenvalue weighted by Crippen LogP contribution is -2.43. The predicted octanol–water partition coefficient (Wildman–Crippen LogP) is 0.936. The van der Waals surface area contributed by atoms with E-state index in [0.29, 0.717) is 0 Å². The molecule has 4 atom stereocenters. The molecule has 0 spiro atoms. The maximum absolute atomic E-state index is 10.4. The lowest BCUT2D eigenvalue weighted by Gasteiger charge is -2.33. The SMILES string of the molecule is CC(COCC(COCC(C)N=C=O)(COCC(C)N=C=O)COCC(C)N=C=O)N=C=O. The van der Waals surface area contributed by atoms with Crippen molar-refractivity contribution >= 4 is 24.3 Å². The van der Waals surface area contributed by atoms with E-state index >= 15 is 0 Å². The van der Waals surface area contributed by atoms with Gasteiger partial charge in [0.1, 0.15) is 0 Å². The molecule has 0 fully saturated rings. The third-order valence-corrected chi connectivity index (χ3v) is 4.16. The van der Waals surface area contributed by atoms with Gasteiger partial charge in [0.2, 0.25) is 24.3 Å². The Morgan fingerprint density at radius 2 is 0.727 bits per heavy atom. The molecule has 0 aromatic heterocycles. The fraction of sp³-hybridized carbons (Fsp3) is 0.810. The highest BCUT2D eigenvalue weighted by Crippen LogP contribution is 2.22. The summed E-state index contributed by atoms with van der Waals surface area (Å²) in [5.74, 6) is 0. The fourth-order valence-corrected chi connectivity index (χ4v) is 2.54. The number of hydrogen-bond donors (Lipinski definition) is 0. The normalized spacial score (nSPS) is 15.9. The highest BCUT2D eigenvalue weighted by Gasteiger charge is 2.33. The standard InChI is InChI=1S/C21H32N4O8/c1-17(22-13-26)5-30-9-21(10-31-6-18(2)23-14-27,11-32-7-19(3)24-15-28)12-33-8-20(4)25-16-29/h17-20H,5-12H2,1-4H3. The molecule has 33 heavy (non-hydrogen) atoms. The zero-order chi connectivity index (χ0) is 25.0. The van der Waals surface area contributed by atoms with Crippen LogP contribution in [0.5, 0.6) is 0 Å². The van der Waals surface area contributed by atoms with Gasteiger partial charge in [0.05, 0.1) is 82.4 Å². The molecule has 0 heterocycles. The predicted molar refractivity (Wildman–Crippen MR) is 116 cm³/mol. The van der Waals surface area contributed by atoms with E-state index in [1.807, 2.05) is 0 Å². The molecule has 0 aliphatic rings. The molecule has 0 radical (unpaired) electrons. The zero-order valence-corrected chi connectivity index (χ0v) is 19.5. The number of aliphatic imine (C=N–C) groups is 4. The molecule has 0 aliphatic carbocycles. The van der Waals surface area contributed by atoms with Gasteiger partial charge in [-0.15, -0.1) is 0 Å². The van der Waals surface area contributed by atoms with Crippen molar-refractivity contribution in [2.75, 3.05) is 52.9 Å². The van der Waals surface area contributed by atoms with Crippen LogP contribution in [0.3, 0.4) is 0 Å². The molecule has 0 saturated carbocycles. The van der Waals surface area contributed by atoms with Crippen LogP contribution in [-0.4, -0.2) is 101 Å². The van der Waals surface area contributed by atoms with Gasteiger partial charge in [-0.2, -0.15) is 0 Å². The summed E-state index contributed by atoms with van der Waals surface area (Å²) >= 11 is 0. The van der Waals surface area contributed by atoms with E-state index in [1.54, 1.807) is 27.7 Å². The minimum atomic E-state index is -0.815. The minimum absolute atomic E-state index is 0.119. The highest BCUT2D eigenvalue weighted by molar-refractivity contribution is 5.34. The Labute approximate surface area is 193 Å². The molecule has 0 aromatic carbocycles. The topological polar surface area (TPSA) is 155 Å². The summed E-state index contributed by atoms with van der Waals surface area (Å²) in [6.07, 6.45) is 5.95. The summed E-state index contributed by atoms with van der Waals surface area (Å²) in [5.41, 5.74) is -0.815. The lowest BCUT2D eigenvalue weighted by molar-refractivity contribution is -0.110.